The monoisotopic (exact) mass is 356 g/mol. The highest BCUT2D eigenvalue weighted by Crippen LogP contribution is 2.39. The molecular weight excluding hydrogens is 340 g/mol. The number of carbonyl (C=O) groups is 1. The van der Waals surface area contributed by atoms with Gasteiger partial charge in [-0.05, 0) is 29.9 Å². The summed E-state index contributed by atoms with van der Waals surface area (Å²) in [6, 6.07) is 0. The van der Waals surface area contributed by atoms with E-state index in [-0.39, 0.29) is 18.3 Å². The molecule has 0 spiro atoms. The minimum absolute atomic E-state index is 0. The zero-order chi connectivity index (χ0) is 13.0. The molecule has 0 aliphatic carbocycles. The molecular formula is C11H18BrClN2O2S. The Morgan fingerprint density at radius 3 is 2.67 bits per heavy atom. The number of thiophene rings is 1. The number of ether oxygens (including phenoxy) is 1. The van der Waals surface area contributed by atoms with Crippen molar-refractivity contribution < 1.29 is 9.53 Å². The van der Waals surface area contributed by atoms with Gasteiger partial charge < -0.3 is 15.0 Å². The van der Waals surface area contributed by atoms with Crippen molar-refractivity contribution in [2.45, 2.75) is 6.92 Å². The fraction of sp³-hybridized carbons (Fsp3) is 0.545. The number of rotatable bonds is 5. The van der Waals surface area contributed by atoms with Crippen LogP contribution in [0.15, 0.2) is 4.47 Å². The lowest BCUT2D eigenvalue weighted by atomic mass is 10.3. The Hall–Kier alpha value is -0.300. The number of nitrogens with one attached hydrogen (secondary N) is 1. The molecule has 18 heavy (non-hydrogen) atoms. The van der Waals surface area contributed by atoms with E-state index in [9.17, 15) is 4.79 Å². The highest BCUT2D eigenvalue weighted by atomic mass is 79.9. The molecule has 0 bridgehead atoms. The van der Waals surface area contributed by atoms with Crippen LogP contribution in [0.1, 0.15) is 14.5 Å². The molecule has 0 unspecified atom stereocenters. The van der Waals surface area contributed by atoms with Crippen LogP contribution in [0.25, 0.3) is 0 Å². The number of halogens is 2. The van der Waals surface area contributed by atoms with Crippen LogP contribution in [0, 0.1) is 6.92 Å². The van der Waals surface area contributed by atoms with Gasteiger partial charge in [0.15, 0.2) is 5.75 Å². The number of nitrogens with zero attached hydrogens (tertiary/aromatic N) is 1. The first kappa shape index (κ1) is 17.7. The van der Waals surface area contributed by atoms with E-state index >= 15 is 0 Å². The highest BCUT2D eigenvalue weighted by molar-refractivity contribution is 9.10. The molecule has 1 rings (SSSR count). The largest absolute Gasteiger partial charge is 0.494 e. The molecule has 1 N–H and O–H groups in total. The van der Waals surface area contributed by atoms with E-state index in [0.717, 1.165) is 15.9 Å². The van der Waals surface area contributed by atoms with Crippen LogP contribution in [0.2, 0.25) is 0 Å². The first-order valence-corrected chi connectivity index (χ1v) is 6.86. The van der Waals surface area contributed by atoms with E-state index in [0.29, 0.717) is 17.2 Å². The summed E-state index contributed by atoms with van der Waals surface area (Å²) in [4.78, 5) is 15.6. The molecule has 7 heteroatoms. The SMILES string of the molecule is CNCCN(C)C(=O)c1sc(C)c(Br)c1OC.Cl. The third-order valence-corrected chi connectivity index (χ3v) is 4.70. The molecule has 0 aliphatic heterocycles. The van der Waals surface area contributed by atoms with Crippen LogP contribution in [-0.2, 0) is 0 Å². The maximum Gasteiger partial charge on any atom is 0.267 e. The first-order valence-electron chi connectivity index (χ1n) is 5.25. The Morgan fingerprint density at radius 2 is 2.17 bits per heavy atom. The zero-order valence-electron chi connectivity index (χ0n) is 10.9. The van der Waals surface area contributed by atoms with Gasteiger partial charge in [-0.3, -0.25) is 4.79 Å². The second-order valence-corrected chi connectivity index (χ2v) is 5.68. The summed E-state index contributed by atoms with van der Waals surface area (Å²) in [6.45, 7) is 3.41. The Bertz CT molecular complexity index is 412. The maximum atomic E-state index is 12.2. The van der Waals surface area contributed by atoms with Crippen LogP contribution in [-0.4, -0.2) is 45.1 Å². The number of hydrogen-bond donors (Lipinski definition) is 1. The van der Waals surface area contributed by atoms with Crippen LogP contribution in [0.3, 0.4) is 0 Å². The number of methoxy groups -OCH3 is 1. The molecule has 0 aliphatic rings. The van der Waals surface area contributed by atoms with Gasteiger partial charge in [0.25, 0.3) is 5.91 Å². The van der Waals surface area contributed by atoms with E-state index in [1.807, 2.05) is 14.0 Å². The molecule has 0 saturated heterocycles. The van der Waals surface area contributed by atoms with Crippen molar-refractivity contribution in [2.75, 3.05) is 34.3 Å². The van der Waals surface area contributed by atoms with Crippen molar-refractivity contribution in [1.29, 1.82) is 0 Å². The molecule has 0 atom stereocenters. The molecule has 0 fully saturated rings. The van der Waals surface area contributed by atoms with E-state index < -0.39 is 0 Å². The van der Waals surface area contributed by atoms with Crippen LogP contribution < -0.4 is 10.1 Å². The quantitative estimate of drug-likeness (QED) is 0.880. The predicted molar refractivity (Wildman–Crippen MR) is 81.4 cm³/mol. The van der Waals surface area contributed by atoms with Crippen molar-refractivity contribution in [1.82, 2.24) is 10.2 Å². The second kappa shape index (κ2) is 7.99. The summed E-state index contributed by atoms with van der Waals surface area (Å²) < 4.78 is 6.14. The summed E-state index contributed by atoms with van der Waals surface area (Å²) in [5.74, 6) is 0.629. The molecule has 0 aromatic carbocycles. The van der Waals surface area contributed by atoms with Gasteiger partial charge >= 0.3 is 0 Å². The topological polar surface area (TPSA) is 41.6 Å². The molecule has 104 valence electrons. The van der Waals surface area contributed by atoms with Crippen LogP contribution in [0.5, 0.6) is 5.75 Å². The second-order valence-electron chi connectivity index (χ2n) is 3.66. The Morgan fingerprint density at radius 1 is 1.56 bits per heavy atom. The summed E-state index contributed by atoms with van der Waals surface area (Å²) >= 11 is 4.89. The van der Waals surface area contributed by atoms with E-state index in [2.05, 4.69) is 21.2 Å². The average Bonchev–Trinajstić information content (AvgIpc) is 2.61. The Kier molecular flexibility index (Phi) is 7.86. The van der Waals surface area contributed by atoms with Gasteiger partial charge in [0, 0.05) is 25.0 Å². The van der Waals surface area contributed by atoms with E-state index in [4.69, 9.17) is 4.74 Å². The summed E-state index contributed by atoms with van der Waals surface area (Å²) in [6.07, 6.45) is 0. The third kappa shape index (κ3) is 3.85. The van der Waals surface area contributed by atoms with Crippen LogP contribution in [0.4, 0.5) is 0 Å². The summed E-state index contributed by atoms with van der Waals surface area (Å²) in [5.41, 5.74) is 0. The fourth-order valence-electron chi connectivity index (χ4n) is 1.38. The van der Waals surface area contributed by atoms with Gasteiger partial charge in [0.2, 0.25) is 0 Å². The average molecular weight is 358 g/mol. The van der Waals surface area contributed by atoms with Gasteiger partial charge in [-0.2, -0.15) is 0 Å². The molecule has 4 nitrogen and oxygen atoms in total. The summed E-state index contributed by atoms with van der Waals surface area (Å²) in [7, 11) is 5.24. The first-order chi connectivity index (χ1) is 8.02. The lowest BCUT2D eigenvalue weighted by Crippen LogP contribution is -2.32. The van der Waals surface area contributed by atoms with Crippen LogP contribution >= 0.6 is 39.7 Å². The van der Waals surface area contributed by atoms with Gasteiger partial charge in [-0.15, -0.1) is 23.7 Å². The lowest BCUT2D eigenvalue weighted by molar-refractivity contribution is 0.0798. The number of aryl methyl sites for hydroxylation is 1. The van der Waals surface area contributed by atoms with Crippen molar-refractivity contribution in [3.63, 3.8) is 0 Å². The predicted octanol–water partition coefficient (Wildman–Crippen LogP) is 2.54. The van der Waals surface area contributed by atoms with Crippen molar-refractivity contribution in [3.8, 4) is 5.75 Å². The zero-order valence-corrected chi connectivity index (χ0v) is 14.1. The minimum Gasteiger partial charge on any atom is -0.494 e. The molecule has 1 aromatic rings. The van der Waals surface area contributed by atoms with Crippen molar-refractivity contribution in [2.24, 2.45) is 0 Å². The number of hydrogen-bond acceptors (Lipinski definition) is 4. The molecule has 0 radical (unpaired) electrons. The van der Waals surface area contributed by atoms with Gasteiger partial charge in [-0.25, -0.2) is 0 Å². The Balaban J connectivity index is 0.00000289. The highest BCUT2D eigenvalue weighted by Gasteiger charge is 2.22. The smallest absolute Gasteiger partial charge is 0.267 e. The molecule has 1 aromatic heterocycles. The number of amides is 1. The summed E-state index contributed by atoms with van der Waals surface area (Å²) in [5, 5.41) is 3.02. The number of likely N-dealkylation sites (N-methyl/N-ethyl adjacent to an activating group) is 2. The maximum absolute atomic E-state index is 12.2. The fourth-order valence-corrected chi connectivity index (χ4v) is 3.13. The standard InChI is InChI=1S/C11H17BrN2O2S.ClH/c1-7-8(12)9(16-4)10(17-7)11(15)14(3)6-5-13-2;/h13H,5-6H2,1-4H3;1H. The third-order valence-electron chi connectivity index (χ3n) is 2.41. The van der Waals surface area contributed by atoms with E-state index in [1.54, 1.807) is 19.1 Å². The minimum atomic E-state index is -0.00380. The van der Waals surface area contributed by atoms with Gasteiger partial charge in [-0.1, -0.05) is 0 Å². The van der Waals surface area contributed by atoms with Crippen molar-refractivity contribution in [3.05, 3.63) is 14.2 Å². The van der Waals surface area contributed by atoms with Gasteiger partial charge in [0.05, 0.1) is 11.6 Å². The molecule has 1 amide bonds. The number of carbonyl (C=O) groups excluding carboxylic acids is 1. The lowest BCUT2D eigenvalue weighted by Gasteiger charge is -2.16. The van der Waals surface area contributed by atoms with Crippen molar-refractivity contribution >= 4 is 45.6 Å². The van der Waals surface area contributed by atoms with Gasteiger partial charge in [0.1, 0.15) is 4.88 Å². The Labute approximate surface area is 126 Å². The normalized spacial score (nSPS) is 9.83. The van der Waals surface area contributed by atoms with E-state index in [1.165, 1.54) is 11.3 Å². The molecule has 0 saturated carbocycles. The molecule has 1 heterocycles.